The average Bonchev–Trinajstić information content (AvgIpc) is 2.94. The van der Waals surface area contributed by atoms with Gasteiger partial charge in [0.05, 0.1) is 24.8 Å². The molecule has 1 heterocycles. The fourth-order valence-electron chi connectivity index (χ4n) is 2.19. The number of amides is 1. The molecule has 2 rings (SSSR count). The molecule has 6 nitrogen and oxygen atoms in total. The number of hydrogen-bond donors (Lipinski definition) is 2. The highest BCUT2D eigenvalue weighted by molar-refractivity contribution is 6.41. The van der Waals surface area contributed by atoms with Crippen LogP contribution >= 0.6 is 23.2 Å². The molecule has 8 heteroatoms. The average molecular weight is 387 g/mol. The molecule has 136 valence electrons. The highest BCUT2D eigenvalue weighted by Gasteiger charge is 2.16. The Labute approximate surface area is 156 Å². The van der Waals surface area contributed by atoms with Crippen molar-refractivity contribution in [3.63, 3.8) is 0 Å². The Hall–Kier alpha value is -1.89. The van der Waals surface area contributed by atoms with Gasteiger partial charge in [0.15, 0.2) is 11.5 Å². The molecule has 1 aromatic heterocycles. The number of aromatic nitrogens is 1. The summed E-state index contributed by atoms with van der Waals surface area (Å²) in [4.78, 5) is 15.0. The Morgan fingerprint density at radius 1 is 1.20 bits per heavy atom. The molecule has 25 heavy (non-hydrogen) atoms. The van der Waals surface area contributed by atoms with Crippen LogP contribution in [0, 0.1) is 0 Å². The van der Waals surface area contributed by atoms with Crippen molar-refractivity contribution in [2.75, 3.05) is 27.4 Å². The maximum absolute atomic E-state index is 12.3. The van der Waals surface area contributed by atoms with E-state index in [0.29, 0.717) is 35.4 Å². The quantitative estimate of drug-likeness (QED) is 0.675. The van der Waals surface area contributed by atoms with E-state index in [-0.39, 0.29) is 17.1 Å². The van der Waals surface area contributed by atoms with Gasteiger partial charge in [-0.2, -0.15) is 0 Å². The van der Waals surface area contributed by atoms with Crippen LogP contribution in [0.3, 0.4) is 0 Å². The van der Waals surface area contributed by atoms with Crippen molar-refractivity contribution in [2.45, 2.75) is 13.0 Å². The Morgan fingerprint density at radius 3 is 2.56 bits per heavy atom. The third-order valence-electron chi connectivity index (χ3n) is 3.55. The summed E-state index contributed by atoms with van der Waals surface area (Å²) in [7, 11) is 3.17. The second-order valence-electron chi connectivity index (χ2n) is 5.29. The molecule has 1 amide bonds. The second-order valence-corrected chi connectivity index (χ2v) is 6.08. The summed E-state index contributed by atoms with van der Waals surface area (Å²) in [6.07, 6.45) is 0. The predicted octanol–water partition coefficient (Wildman–Crippen LogP) is 3.85. The monoisotopic (exact) mass is 386 g/mol. The summed E-state index contributed by atoms with van der Waals surface area (Å²) >= 11 is 11.7. The lowest BCUT2D eigenvalue weighted by Gasteiger charge is -2.17. The smallest absolute Gasteiger partial charge is 0.268 e. The van der Waals surface area contributed by atoms with Crippen LogP contribution in [0.15, 0.2) is 24.3 Å². The minimum atomic E-state index is -0.305. The lowest BCUT2D eigenvalue weighted by molar-refractivity contribution is 0.0935. The summed E-state index contributed by atoms with van der Waals surface area (Å²) in [6, 6.07) is 6.72. The molecular weight excluding hydrogens is 367 g/mol. The molecule has 0 bridgehead atoms. The number of benzene rings is 1. The van der Waals surface area contributed by atoms with Crippen molar-refractivity contribution < 1.29 is 19.0 Å². The number of carbonyl (C=O) groups is 1. The van der Waals surface area contributed by atoms with Crippen molar-refractivity contribution in [1.82, 2.24) is 10.3 Å². The standard InChI is InChI=1S/C17H20Cl2N2O4/c1-10(20-17(22)13-9-12(18)16(19)21-13)11-4-5-14(15(8-11)24-3)25-7-6-23-2/h4-5,8-10,21H,6-7H2,1-3H3,(H,20,22). The largest absolute Gasteiger partial charge is 0.493 e. The lowest BCUT2D eigenvalue weighted by Crippen LogP contribution is -2.26. The van der Waals surface area contributed by atoms with Crippen LogP contribution in [-0.2, 0) is 4.74 Å². The predicted molar refractivity (Wildman–Crippen MR) is 97.1 cm³/mol. The molecule has 1 aromatic carbocycles. The molecule has 1 atom stereocenters. The fourth-order valence-corrected chi connectivity index (χ4v) is 2.50. The summed E-state index contributed by atoms with van der Waals surface area (Å²) < 4.78 is 15.9. The van der Waals surface area contributed by atoms with Gasteiger partial charge in [-0.05, 0) is 30.7 Å². The first-order chi connectivity index (χ1) is 12.0. The van der Waals surface area contributed by atoms with Gasteiger partial charge in [0, 0.05) is 7.11 Å². The Bertz CT molecular complexity index is 714. The third kappa shape index (κ3) is 5.04. The molecule has 0 fully saturated rings. The fraction of sp³-hybridized carbons (Fsp3) is 0.353. The Balaban J connectivity index is 2.07. The van der Waals surface area contributed by atoms with E-state index in [4.69, 9.17) is 37.4 Å². The molecule has 0 aliphatic carbocycles. The minimum Gasteiger partial charge on any atom is -0.493 e. The van der Waals surface area contributed by atoms with E-state index in [1.807, 2.05) is 19.1 Å². The summed E-state index contributed by atoms with van der Waals surface area (Å²) in [5, 5.41) is 3.41. The van der Waals surface area contributed by atoms with Gasteiger partial charge in [-0.15, -0.1) is 0 Å². The van der Waals surface area contributed by atoms with Gasteiger partial charge < -0.3 is 24.5 Å². The molecule has 0 aliphatic rings. The summed E-state index contributed by atoms with van der Waals surface area (Å²) in [5.74, 6) is 0.895. The van der Waals surface area contributed by atoms with Crippen molar-refractivity contribution in [3.8, 4) is 11.5 Å². The van der Waals surface area contributed by atoms with E-state index in [2.05, 4.69) is 10.3 Å². The molecule has 0 spiro atoms. The second kappa shape index (κ2) is 8.99. The molecule has 0 saturated carbocycles. The van der Waals surface area contributed by atoms with Crippen LogP contribution < -0.4 is 14.8 Å². The van der Waals surface area contributed by atoms with E-state index in [9.17, 15) is 4.79 Å². The van der Waals surface area contributed by atoms with Crippen LogP contribution in [-0.4, -0.2) is 38.3 Å². The van der Waals surface area contributed by atoms with Gasteiger partial charge in [-0.3, -0.25) is 4.79 Å². The topological polar surface area (TPSA) is 72.6 Å². The zero-order valence-electron chi connectivity index (χ0n) is 14.2. The number of ether oxygens (including phenoxy) is 3. The maximum Gasteiger partial charge on any atom is 0.268 e. The first kappa shape index (κ1) is 19.4. The number of nitrogens with one attached hydrogen (secondary N) is 2. The number of carbonyl (C=O) groups excluding carboxylic acids is 1. The SMILES string of the molecule is COCCOc1ccc(C(C)NC(=O)c2cc(Cl)c(Cl)[nH]2)cc1OC. The van der Waals surface area contributed by atoms with E-state index in [0.717, 1.165) is 5.56 Å². The summed E-state index contributed by atoms with van der Waals surface area (Å²) in [6.45, 7) is 2.77. The van der Waals surface area contributed by atoms with Gasteiger partial charge in [0.25, 0.3) is 5.91 Å². The van der Waals surface area contributed by atoms with Crippen LogP contribution in [0.2, 0.25) is 10.2 Å². The molecule has 2 aromatic rings. The van der Waals surface area contributed by atoms with E-state index >= 15 is 0 Å². The highest BCUT2D eigenvalue weighted by Crippen LogP contribution is 2.30. The van der Waals surface area contributed by atoms with Crippen molar-refractivity contribution >= 4 is 29.1 Å². The van der Waals surface area contributed by atoms with E-state index < -0.39 is 0 Å². The van der Waals surface area contributed by atoms with Crippen molar-refractivity contribution in [3.05, 3.63) is 45.7 Å². The number of aromatic amines is 1. The van der Waals surface area contributed by atoms with Crippen LogP contribution in [0.5, 0.6) is 11.5 Å². The first-order valence-electron chi connectivity index (χ1n) is 7.60. The highest BCUT2D eigenvalue weighted by atomic mass is 35.5. The third-order valence-corrected chi connectivity index (χ3v) is 4.24. The number of hydrogen-bond acceptors (Lipinski definition) is 4. The zero-order valence-corrected chi connectivity index (χ0v) is 15.7. The zero-order chi connectivity index (χ0) is 18.4. The normalized spacial score (nSPS) is 11.9. The first-order valence-corrected chi connectivity index (χ1v) is 8.36. The van der Waals surface area contributed by atoms with E-state index in [1.165, 1.54) is 6.07 Å². The number of methoxy groups -OCH3 is 2. The molecule has 0 aliphatic heterocycles. The Kier molecular flexibility index (Phi) is 6.99. The van der Waals surface area contributed by atoms with Crippen molar-refractivity contribution in [1.29, 1.82) is 0 Å². The Morgan fingerprint density at radius 2 is 1.96 bits per heavy atom. The molecule has 0 saturated heterocycles. The van der Waals surface area contributed by atoms with E-state index in [1.54, 1.807) is 20.3 Å². The number of rotatable bonds is 8. The van der Waals surface area contributed by atoms with Crippen LogP contribution in [0.4, 0.5) is 0 Å². The number of halogens is 2. The van der Waals surface area contributed by atoms with Crippen LogP contribution in [0.1, 0.15) is 29.0 Å². The van der Waals surface area contributed by atoms with Gasteiger partial charge >= 0.3 is 0 Å². The molecule has 1 unspecified atom stereocenters. The number of H-pyrrole nitrogens is 1. The lowest BCUT2D eigenvalue weighted by atomic mass is 10.1. The van der Waals surface area contributed by atoms with Gasteiger partial charge in [-0.1, -0.05) is 29.3 Å². The molecule has 2 N–H and O–H groups in total. The van der Waals surface area contributed by atoms with Crippen molar-refractivity contribution in [2.24, 2.45) is 0 Å². The molecular formula is C17H20Cl2N2O4. The van der Waals surface area contributed by atoms with Gasteiger partial charge in [0.2, 0.25) is 0 Å². The molecule has 0 radical (unpaired) electrons. The van der Waals surface area contributed by atoms with Crippen LogP contribution in [0.25, 0.3) is 0 Å². The van der Waals surface area contributed by atoms with Gasteiger partial charge in [0.1, 0.15) is 17.5 Å². The summed E-state index contributed by atoms with van der Waals surface area (Å²) in [5.41, 5.74) is 1.17. The van der Waals surface area contributed by atoms with Gasteiger partial charge in [-0.25, -0.2) is 0 Å². The minimum absolute atomic E-state index is 0.235. The maximum atomic E-state index is 12.3.